The molecule has 0 spiro atoms. The van der Waals surface area contributed by atoms with E-state index in [1.807, 2.05) is 41.5 Å². The third-order valence-electron chi connectivity index (χ3n) is 9.02. The molecule has 4 amide bonds. The third kappa shape index (κ3) is 21.4. The molecule has 316 valence electrons. The Morgan fingerprint density at radius 3 is 2.07 bits per heavy atom. The summed E-state index contributed by atoms with van der Waals surface area (Å²) in [4.78, 5) is 61.0. The Morgan fingerprint density at radius 2 is 1.56 bits per heavy atom. The Kier molecular flexibility index (Phi) is 26.9. The Balaban J connectivity index is 0.000000978. The van der Waals surface area contributed by atoms with Crippen molar-refractivity contribution in [3.8, 4) is 0 Å². The molecule has 3 N–H and O–H groups in total. The summed E-state index contributed by atoms with van der Waals surface area (Å²) in [6, 6.07) is 4.73. The lowest BCUT2D eigenvalue weighted by molar-refractivity contribution is -0.160. The van der Waals surface area contributed by atoms with Gasteiger partial charge in [-0.15, -0.1) is 0 Å². The zero-order valence-electron chi connectivity index (χ0n) is 34.6. The largest absolute Gasteiger partial charge is 0.461 e. The maximum atomic E-state index is 13.1. The summed E-state index contributed by atoms with van der Waals surface area (Å²) in [5.41, 5.74) is 1.45. The van der Waals surface area contributed by atoms with E-state index < -0.39 is 18.3 Å². The minimum Gasteiger partial charge on any atom is -0.461 e. The SMILES string of the molecule is CC.CC.CC(=O)OCc1ccc(NC(=O)C(CCCN2CCOCC2)NC=O)cc1.CC1CC(=O)N(CCCCCC(NC(C)C(C)C)C(F)(F)F)C1=O. The molecule has 1 aromatic rings. The van der Waals surface area contributed by atoms with Crippen LogP contribution in [0.15, 0.2) is 24.3 Å². The van der Waals surface area contributed by atoms with Crippen molar-refractivity contribution in [1.82, 2.24) is 20.4 Å². The van der Waals surface area contributed by atoms with Gasteiger partial charge in [0, 0.05) is 50.6 Å². The zero-order chi connectivity index (χ0) is 42.0. The third-order valence-corrected chi connectivity index (χ3v) is 9.02. The fourth-order valence-electron chi connectivity index (χ4n) is 5.54. The van der Waals surface area contributed by atoms with Crippen molar-refractivity contribution in [1.29, 1.82) is 0 Å². The molecule has 0 aromatic heterocycles. The summed E-state index contributed by atoms with van der Waals surface area (Å²) in [6.45, 7) is 21.3. The average molecular weight is 788 g/mol. The first-order valence-electron chi connectivity index (χ1n) is 19.8. The van der Waals surface area contributed by atoms with Crippen LogP contribution in [0.25, 0.3) is 0 Å². The van der Waals surface area contributed by atoms with Crippen molar-refractivity contribution in [2.24, 2.45) is 11.8 Å². The van der Waals surface area contributed by atoms with Gasteiger partial charge in [0.05, 0.1) is 13.2 Å². The monoisotopic (exact) mass is 788 g/mol. The average Bonchev–Trinajstić information content (AvgIpc) is 3.40. The zero-order valence-corrected chi connectivity index (χ0v) is 34.6. The standard InChI is InChI=1S/C19H27N3O5.C17H29F3N2O2.2C2H6/c1-15(24)27-13-16-4-6-17(7-5-16)21-19(25)18(20-14-23)3-2-8-22-9-11-26-12-10-22;1-11(2)13(4)21-14(17(18,19)20)8-6-5-7-9-22-15(23)10-12(3)16(22)24;2*1-2/h4-7,14,18H,2-3,8-13H2,1H3,(H,20,23)(H,21,25);11-14,21H,5-10H2,1-4H3;2*1-2H3. The van der Waals surface area contributed by atoms with E-state index in [-0.39, 0.29) is 61.0 Å². The van der Waals surface area contributed by atoms with Crippen LogP contribution in [0.5, 0.6) is 0 Å². The fraction of sp³-hybridized carbons (Fsp3) is 0.725. The summed E-state index contributed by atoms with van der Waals surface area (Å²) in [5.74, 6) is -1.07. The second-order valence-corrected chi connectivity index (χ2v) is 13.5. The topological polar surface area (TPSA) is 146 Å². The van der Waals surface area contributed by atoms with Crippen molar-refractivity contribution >= 4 is 35.8 Å². The van der Waals surface area contributed by atoms with Crippen molar-refractivity contribution in [2.75, 3.05) is 44.7 Å². The number of alkyl halides is 3. The van der Waals surface area contributed by atoms with Gasteiger partial charge in [0.1, 0.15) is 18.7 Å². The van der Waals surface area contributed by atoms with Gasteiger partial charge in [-0.25, -0.2) is 0 Å². The first kappa shape index (κ1) is 51.4. The summed E-state index contributed by atoms with van der Waals surface area (Å²) >= 11 is 0. The molecular formula is C40H68F3N5O7. The molecule has 15 heteroatoms. The number of carbonyl (C=O) groups is 5. The number of rotatable bonds is 19. The van der Waals surface area contributed by atoms with Gasteiger partial charge < -0.3 is 25.4 Å². The maximum Gasteiger partial charge on any atom is 0.403 e. The highest BCUT2D eigenvalue weighted by atomic mass is 19.4. The van der Waals surface area contributed by atoms with Gasteiger partial charge in [-0.2, -0.15) is 13.2 Å². The number of nitrogens with one attached hydrogen (secondary N) is 3. The second-order valence-electron chi connectivity index (χ2n) is 13.5. The second kappa shape index (κ2) is 28.8. The number of amides is 4. The minimum absolute atomic E-state index is 0.0128. The lowest BCUT2D eigenvalue weighted by Gasteiger charge is -2.27. The highest BCUT2D eigenvalue weighted by Crippen LogP contribution is 2.26. The minimum atomic E-state index is -4.26. The Labute approximate surface area is 327 Å². The van der Waals surface area contributed by atoms with E-state index in [1.165, 1.54) is 11.8 Å². The van der Waals surface area contributed by atoms with Crippen LogP contribution in [0.4, 0.5) is 18.9 Å². The van der Waals surface area contributed by atoms with Gasteiger partial charge in [-0.05, 0) is 62.8 Å². The van der Waals surface area contributed by atoms with Gasteiger partial charge >= 0.3 is 12.1 Å². The maximum absolute atomic E-state index is 13.1. The van der Waals surface area contributed by atoms with E-state index >= 15 is 0 Å². The molecule has 2 aliphatic rings. The number of hydrogen-bond donors (Lipinski definition) is 3. The van der Waals surface area contributed by atoms with Crippen molar-refractivity contribution in [3.63, 3.8) is 0 Å². The summed E-state index contributed by atoms with van der Waals surface area (Å²) in [7, 11) is 0. The van der Waals surface area contributed by atoms with Gasteiger partial charge in [-0.1, -0.05) is 73.4 Å². The van der Waals surface area contributed by atoms with E-state index in [4.69, 9.17) is 9.47 Å². The molecule has 2 fully saturated rings. The fourth-order valence-corrected chi connectivity index (χ4v) is 5.54. The lowest BCUT2D eigenvalue weighted by atomic mass is 10.0. The molecule has 0 saturated carbocycles. The molecule has 12 nitrogen and oxygen atoms in total. The quantitative estimate of drug-likeness (QED) is 0.0622. The number of likely N-dealkylation sites (tertiary alicyclic amines) is 1. The number of hydrogen-bond acceptors (Lipinski definition) is 9. The smallest absolute Gasteiger partial charge is 0.403 e. The van der Waals surface area contributed by atoms with E-state index in [1.54, 1.807) is 38.1 Å². The molecule has 2 heterocycles. The Hall–Kier alpha value is -3.56. The van der Waals surface area contributed by atoms with Crippen LogP contribution in [0.1, 0.15) is 113 Å². The molecule has 2 saturated heterocycles. The number of unbranched alkanes of at least 4 members (excludes halogenated alkanes) is 2. The molecule has 0 radical (unpaired) electrons. The first-order chi connectivity index (χ1) is 26.1. The predicted octanol–water partition coefficient (Wildman–Crippen LogP) is 6.47. The number of morpholine rings is 1. The molecule has 0 aliphatic carbocycles. The molecule has 3 rings (SSSR count). The summed E-state index contributed by atoms with van der Waals surface area (Å²) < 4.78 is 49.5. The van der Waals surface area contributed by atoms with E-state index in [2.05, 4.69) is 20.9 Å². The van der Waals surface area contributed by atoms with Crippen LogP contribution in [-0.2, 0) is 40.1 Å². The molecular weight excluding hydrogens is 719 g/mol. The van der Waals surface area contributed by atoms with Gasteiger partial charge in [0.2, 0.25) is 24.1 Å². The van der Waals surface area contributed by atoms with Crippen LogP contribution in [0, 0.1) is 11.8 Å². The van der Waals surface area contributed by atoms with Crippen LogP contribution in [0.2, 0.25) is 0 Å². The summed E-state index contributed by atoms with van der Waals surface area (Å²) in [5, 5.41) is 8.06. The van der Waals surface area contributed by atoms with Crippen molar-refractivity contribution in [3.05, 3.63) is 29.8 Å². The van der Waals surface area contributed by atoms with E-state index in [0.717, 1.165) is 44.8 Å². The van der Waals surface area contributed by atoms with Crippen molar-refractivity contribution < 1.29 is 46.6 Å². The number of imide groups is 1. The van der Waals surface area contributed by atoms with Crippen molar-refractivity contribution in [2.45, 2.75) is 138 Å². The van der Waals surface area contributed by atoms with Gasteiger partial charge in [0.15, 0.2) is 0 Å². The highest BCUT2D eigenvalue weighted by Gasteiger charge is 2.40. The van der Waals surface area contributed by atoms with Crippen LogP contribution in [0.3, 0.4) is 0 Å². The lowest BCUT2D eigenvalue weighted by Crippen LogP contribution is -2.48. The molecule has 0 bridgehead atoms. The van der Waals surface area contributed by atoms with Gasteiger partial charge in [-0.3, -0.25) is 33.8 Å². The molecule has 2 aliphatic heterocycles. The number of carbonyl (C=O) groups excluding carboxylic acids is 5. The molecule has 4 unspecified atom stereocenters. The number of ether oxygens (including phenoxy) is 2. The Bertz CT molecular complexity index is 1240. The molecule has 1 aromatic carbocycles. The Morgan fingerprint density at radius 1 is 0.945 bits per heavy atom. The van der Waals surface area contributed by atoms with E-state index in [9.17, 15) is 37.1 Å². The number of nitrogens with zero attached hydrogens (tertiary/aromatic N) is 2. The molecule has 55 heavy (non-hydrogen) atoms. The van der Waals surface area contributed by atoms with Crippen LogP contribution >= 0.6 is 0 Å². The first-order valence-corrected chi connectivity index (χ1v) is 19.8. The summed E-state index contributed by atoms with van der Waals surface area (Å²) in [6.07, 6.45) is -0.559. The predicted molar refractivity (Wildman–Crippen MR) is 209 cm³/mol. The van der Waals surface area contributed by atoms with Crippen LogP contribution < -0.4 is 16.0 Å². The molecule has 4 atom stereocenters. The normalized spacial score (nSPS) is 17.3. The van der Waals surface area contributed by atoms with Gasteiger partial charge in [0.25, 0.3) is 0 Å². The van der Waals surface area contributed by atoms with E-state index in [0.29, 0.717) is 44.3 Å². The number of benzene rings is 1. The number of esters is 1. The highest BCUT2D eigenvalue weighted by molar-refractivity contribution is 6.03. The number of halogens is 3. The van der Waals surface area contributed by atoms with Crippen LogP contribution in [-0.4, -0.2) is 104 Å². The number of anilines is 1.